The van der Waals surface area contributed by atoms with Crippen LogP contribution in [-0.4, -0.2) is 54.1 Å². The first-order valence-electron chi connectivity index (χ1n) is 10.8. The molecule has 0 aliphatic carbocycles. The van der Waals surface area contributed by atoms with Crippen LogP contribution in [0.4, 0.5) is 0 Å². The number of hydrogen-bond donors (Lipinski definition) is 1. The number of rotatable bonds is 4. The maximum atomic E-state index is 12.9. The number of benzene rings is 2. The summed E-state index contributed by atoms with van der Waals surface area (Å²) in [6.45, 7) is 6.56. The Labute approximate surface area is 173 Å². The maximum Gasteiger partial charge on any atom is 0.225 e. The van der Waals surface area contributed by atoms with Crippen LogP contribution in [0.25, 0.3) is 10.8 Å². The molecule has 4 rings (SSSR count). The van der Waals surface area contributed by atoms with Gasteiger partial charge in [0.15, 0.2) is 0 Å². The lowest BCUT2D eigenvalue weighted by molar-refractivity contribution is -0.138. The molecule has 2 aliphatic rings. The van der Waals surface area contributed by atoms with Crippen LogP contribution in [0.2, 0.25) is 0 Å². The number of carbonyl (C=O) groups is 1. The number of aromatic hydroxyl groups is 1. The highest BCUT2D eigenvalue weighted by Gasteiger charge is 2.30. The quantitative estimate of drug-likeness (QED) is 0.848. The third-order valence-electron chi connectivity index (χ3n) is 6.60. The summed E-state index contributed by atoms with van der Waals surface area (Å²) in [5, 5.41) is 12.6. The van der Waals surface area contributed by atoms with Crippen LogP contribution < -0.4 is 4.74 Å². The predicted octanol–water partition coefficient (Wildman–Crippen LogP) is 4.02. The van der Waals surface area contributed by atoms with E-state index in [2.05, 4.69) is 16.7 Å². The topological polar surface area (TPSA) is 53.0 Å². The van der Waals surface area contributed by atoms with E-state index in [1.165, 1.54) is 6.42 Å². The van der Waals surface area contributed by atoms with Crippen LogP contribution in [0.3, 0.4) is 0 Å². The van der Waals surface area contributed by atoms with Crippen LogP contribution in [0.5, 0.6) is 11.5 Å². The average Bonchev–Trinajstić information content (AvgIpc) is 2.75. The standard InChI is InChI=1S/C24H32N2O3/c1-17-4-3-11-26(15-17)24(28)19-9-12-25(13-10-19)16-22-21-14-20(29-2)7-5-18(21)6-8-23(22)27/h5-8,14,17,19,27H,3-4,9-13,15-16H2,1-2H3. The minimum atomic E-state index is 0.151. The van der Waals surface area contributed by atoms with Crippen LogP contribution in [0.1, 0.15) is 38.2 Å². The smallest absolute Gasteiger partial charge is 0.225 e. The van der Waals surface area contributed by atoms with Crippen molar-refractivity contribution in [2.45, 2.75) is 39.2 Å². The number of phenols is 1. The molecule has 5 nitrogen and oxygen atoms in total. The first-order chi connectivity index (χ1) is 14.0. The zero-order valence-corrected chi connectivity index (χ0v) is 17.6. The molecule has 0 spiro atoms. The zero-order chi connectivity index (χ0) is 20.4. The highest BCUT2D eigenvalue weighted by molar-refractivity contribution is 5.89. The second-order valence-corrected chi connectivity index (χ2v) is 8.73. The number of amides is 1. The molecule has 0 bridgehead atoms. The highest BCUT2D eigenvalue weighted by atomic mass is 16.5. The molecule has 2 fully saturated rings. The van der Waals surface area contributed by atoms with E-state index in [1.54, 1.807) is 13.2 Å². The summed E-state index contributed by atoms with van der Waals surface area (Å²) in [4.78, 5) is 17.4. The van der Waals surface area contributed by atoms with E-state index < -0.39 is 0 Å². The van der Waals surface area contributed by atoms with Gasteiger partial charge in [-0.15, -0.1) is 0 Å². The van der Waals surface area contributed by atoms with E-state index >= 15 is 0 Å². The second kappa shape index (κ2) is 8.62. The monoisotopic (exact) mass is 396 g/mol. The normalized spacial score (nSPS) is 21.4. The fraction of sp³-hybridized carbons (Fsp3) is 0.542. The number of carbonyl (C=O) groups excluding carboxylic acids is 1. The Morgan fingerprint density at radius 1 is 1.14 bits per heavy atom. The number of piperidine rings is 2. The van der Waals surface area contributed by atoms with Crippen molar-refractivity contribution in [2.75, 3.05) is 33.3 Å². The van der Waals surface area contributed by atoms with Gasteiger partial charge in [-0.25, -0.2) is 0 Å². The number of fused-ring (bicyclic) bond motifs is 1. The summed E-state index contributed by atoms with van der Waals surface area (Å²) < 4.78 is 5.38. The van der Waals surface area contributed by atoms with Crippen molar-refractivity contribution in [1.82, 2.24) is 9.80 Å². The summed E-state index contributed by atoms with van der Waals surface area (Å²) in [5.74, 6) is 2.25. The summed E-state index contributed by atoms with van der Waals surface area (Å²) >= 11 is 0. The Morgan fingerprint density at radius 2 is 1.90 bits per heavy atom. The Kier molecular flexibility index (Phi) is 5.95. The molecule has 2 aliphatic heterocycles. The van der Waals surface area contributed by atoms with Crippen LogP contribution in [0.15, 0.2) is 30.3 Å². The largest absolute Gasteiger partial charge is 0.508 e. The molecule has 156 valence electrons. The first kappa shape index (κ1) is 20.0. The number of ether oxygens (including phenoxy) is 1. The fourth-order valence-electron chi connectivity index (χ4n) is 4.85. The Morgan fingerprint density at radius 3 is 2.62 bits per heavy atom. The van der Waals surface area contributed by atoms with Crippen LogP contribution in [0, 0.1) is 11.8 Å². The predicted molar refractivity (Wildman–Crippen MR) is 115 cm³/mol. The lowest BCUT2D eigenvalue weighted by atomic mass is 9.92. The Bertz CT molecular complexity index is 874. The number of phenolic OH excluding ortho intramolecular Hbond substituents is 1. The van der Waals surface area contributed by atoms with Gasteiger partial charge >= 0.3 is 0 Å². The number of nitrogens with zero attached hydrogens (tertiary/aromatic N) is 2. The van der Waals surface area contributed by atoms with Gasteiger partial charge in [-0.1, -0.05) is 19.1 Å². The molecule has 2 heterocycles. The van der Waals surface area contributed by atoms with E-state index in [1.807, 2.05) is 24.3 Å². The third kappa shape index (κ3) is 4.35. The number of methoxy groups -OCH3 is 1. The lowest BCUT2D eigenvalue weighted by Crippen LogP contribution is -2.45. The molecule has 5 heteroatoms. The minimum Gasteiger partial charge on any atom is -0.508 e. The molecule has 0 radical (unpaired) electrons. The first-order valence-corrected chi connectivity index (χ1v) is 10.8. The van der Waals surface area contributed by atoms with Gasteiger partial charge in [0.2, 0.25) is 5.91 Å². The average molecular weight is 397 g/mol. The molecule has 1 atom stereocenters. The summed E-state index contributed by atoms with van der Waals surface area (Å²) in [6, 6.07) is 9.69. The van der Waals surface area contributed by atoms with E-state index in [0.29, 0.717) is 24.1 Å². The van der Waals surface area contributed by atoms with Crippen LogP contribution >= 0.6 is 0 Å². The molecular weight excluding hydrogens is 364 g/mol. The number of hydrogen-bond acceptors (Lipinski definition) is 4. The van der Waals surface area contributed by atoms with Crippen molar-refractivity contribution in [1.29, 1.82) is 0 Å². The van der Waals surface area contributed by atoms with E-state index in [-0.39, 0.29) is 5.92 Å². The summed E-state index contributed by atoms with van der Waals surface area (Å²) in [6.07, 6.45) is 4.17. The van der Waals surface area contributed by atoms with E-state index in [9.17, 15) is 9.90 Å². The summed E-state index contributed by atoms with van der Waals surface area (Å²) in [5.41, 5.74) is 0.941. The fourth-order valence-corrected chi connectivity index (χ4v) is 4.85. The van der Waals surface area contributed by atoms with Crippen molar-refractivity contribution < 1.29 is 14.6 Å². The van der Waals surface area contributed by atoms with Gasteiger partial charge in [0, 0.05) is 31.1 Å². The molecule has 1 amide bonds. The van der Waals surface area contributed by atoms with E-state index in [0.717, 1.165) is 67.5 Å². The van der Waals surface area contributed by atoms with Crippen molar-refractivity contribution in [2.24, 2.45) is 11.8 Å². The van der Waals surface area contributed by atoms with Gasteiger partial charge in [0.1, 0.15) is 11.5 Å². The van der Waals surface area contributed by atoms with Gasteiger partial charge in [0.25, 0.3) is 0 Å². The van der Waals surface area contributed by atoms with Crippen molar-refractivity contribution in [3.8, 4) is 11.5 Å². The molecule has 29 heavy (non-hydrogen) atoms. The van der Waals surface area contributed by atoms with Crippen molar-refractivity contribution in [3.63, 3.8) is 0 Å². The summed E-state index contributed by atoms with van der Waals surface area (Å²) in [7, 11) is 1.66. The molecule has 2 aromatic carbocycles. The van der Waals surface area contributed by atoms with Gasteiger partial charge in [0.05, 0.1) is 7.11 Å². The molecule has 2 saturated heterocycles. The van der Waals surface area contributed by atoms with Gasteiger partial charge in [-0.05, 0) is 73.7 Å². The maximum absolute atomic E-state index is 12.9. The molecule has 1 N–H and O–H groups in total. The SMILES string of the molecule is COc1ccc2ccc(O)c(CN3CCC(C(=O)N4CCCC(C)C4)CC3)c2c1. The van der Waals surface area contributed by atoms with Crippen LogP contribution in [-0.2, 0) is 11.3 Å². The van der Waals surface area contributed by atoms with Gasteiger partial charge in [-0.2, -0.15) is 0 Å². The lowest BCUT2D eigenvalue weighted by Gasteiger charge is -2.37. The van der Waals surface area contributed by atoms with Gasteiger partial charge < -0.3 is 14.7 Å². The molecular formula is C24H32N2O3. The van der Waals surface area contributed by atoms with Gasteiger partial charge in [-0.3, -0.25) is 9.69 Å². The minimum absolute atomic E-state index is 0.151. The molecule has 2 aromatic rings. The van der Waals surface area contributed by atoms with Crippen molar-refractivity contribution >= 4 is 16.7 Å². The third-order valence-corrected chi connectivity index (χ3v) is 6.60. The molecule has 0 saturated carbocycles. The molecule has 1 unspecified atom stereocenters. The molecule has 0 aromatic heterocycles. The second-order valence-electron chi connectivity index (χ2n) is 8.73. The highest BCUT2D eigenvalue weighted by Crippen LogP contribution is 2.32. The van der Waals surface area contributed by atoms with E-state index in [4.69, 9.17) is 4.74 Å². The Balaban J connectivity index is 1.42. The number of likely N-dealkylation sites (tertiary alicyclic amines) is 2. The van der Waals surface area contributed by atoms with Crippen molar-refractivity contribution in [3.05, 3.63) is 35.9 Å². The Hall–Kier alpha value is -2.27. The zero-order valence-electron chi connectivity index (χ0n) is 17.6.